The second-order valence-corrected chi connectivity index (χ2v) is 7.31. The molecule has 0 atom stereocenters. The first-order valence-electron chi connectivity index (χ1n) is 8.47. The van der Waals surface area contributed by atoms with Crippen LogP contribution >= 0.6 is 11.8 Å². The minimum atomic E-state index is -0.402. The van der Waals surface area contributed by atoms with Gasteiger partial charge in [-0.3, -0.25) is 19.3 Å². The molecule has 0 bridgehead atoms. The van der Waals surface area contributed by atoms with Gasteiger partial charge in [0.2, 0.25) is 0 Å². The lowest BCUT2D eigenvalue weighted by atomic mass is 10.1. The van der Waals surface area contributed by atoms with Crippen molar-refractivity contribution in [3.63, 3.8) is 0 Å². The zero-order valence-electron chi connectivity index (χ0n) is 15.2. The molecule has 0 radical (unpaired) electrons. The Kier molecular flexibility index (Phi) is 4.48. The molecule has 140 valence electrons. The largest absolute Gasteiger partial charge is 0.329 e. The number of nitrogens with one attached hydrogen (secondary N) is 1. The number of imide groups is 1. The van der Waals surface area contributed by atoms with Crippen LogP contribution in [0, 0.1) is 0 Å². The third-order valence-corrected chi connectivity index (χ3v) is 5.62. The maximum atomic E-state index is 12.8. The number of aryl methyl sites for hydroxylation is 1. The van der Waals surface area contributed by atoms with E-state index < -0.39 is 5.91 Å². The molecule has 28 heavy (non-hydrogen) atoms. The van der Waals surface area contributed by atoms with Gasteiger partial charge < -0.3 is 9.88 Å². The van der Waals surface area contributed by atoms with Gasteiger partial charge in [0.1, 0.15) is 0 Å². The number of hydrogen-bond donors (Lipinski definition) is 1. The van der Waals surface area contributed by atoms with E-state index in [1.54, 1.807) is 18.3 Å². The zero-order valence-corrected chi connectivity index (χ0v) is 16.0. The first kappa shape index (κ1) is 18.0. The van der Waals surface area contributed by atoms with Crippen molar-refractivity contribution in [2.75, 3.05) is 12.4 Å². The Bertz CT molecular complexity index is 1120. The molecule has 2 heterocycles. The monoisotopic (exact) mass is 392 g/mol. The van der Waals surface area contributed by atoms with E-state index in [0.29, 0.717) is 16.8 Å². The van der Waals surface area contributed by atoms with Gasteiger partial charge >= 0.3 is 0 Å². The second kappa shape index (κ2) is 6.97. The summed E-state index contributed by atoms with van der Waals surface area (Å²) in [7, 11) is 3.33. The molecule has 0 spiro atoms. The van der Waals surface area contributed by atoms with Crippen molar-refractivity contribution < 1.29 is 14.4 Å². The van der Waals surface area contributed by atoms with Gasteiger partial charge in [0.05, 0.1) is 16.8 Å². The number of benzene rings is 2. The molecule has 0 saturated carbocycles. The fourth-order valence-electron chi connectivity index (χ4n) is 2.90. The molecular weight excluding hydrogens is 376 g/mol. The Morgan fingerprint density at radius 3 is 2.54 bits per heavy atom. The predicted octanol–water partition coefficient (Wildman–Crippen LogP) is 3.05. The molecule has 0 aliphatic carbocycles. The molecule has 1 aromatic heterocycles. The summed E-state index contributed by atoms with van der Waals surface area (Å²) in [4.78, 5) is 43.1. The number of carbonyl (C=O) groups is 3. The van der Waals surface area contributed by atoms with Gasteiger partial charge in [-0.15, -0.1) is 0 Å². The highest BCUT2D eigenvalue weighted by molar-refractivity contribution is 7.99. The number of aromatic nitrogens is 2. The van der Waals surface area contributed by atoms with Crippen LogP contribution in [0.5, 0.6) is 0 Å². The third kappa shape index (κ3) is 3.07. The van der Waals surface area contributed by atoms with Crippen LogP contribution in [0.4, 0.5) is 5.69 Å². The number of fused-ring (bicyclic) bond motifs is 1. The van der Waals surface area contributed by atoms with E-state index in [0.717, 1.165) is 15.0 Å². The Hall–Kier alpha value is -3.39. The van der Waals surface area contributed by atoms with Gasteiger partial charge in [-0.25, -0.2) is 4.98 Å². The van der Waals surface area contributed by atoms with Crippen molar-refractivity contribution in [3.05, 3.63) is 71.5 Å². The first-order chi connectivity index (χ1) is 13.5. The number of para-hydroxylation sites is 1. The van der Waals surface area contributed by atoms with Crippen LogP contribution in [0.25, 0.3) is 0 Å². The minimum Gasteiger partial charge on any atom is -0.329 e. The molecule has 0 fully saturated rings. The number of anilines is 1. The van der Waals surface area contributed by atoms with Crippen LogP contribution in [0.1, 0.15) is 31.1 Å². The number of nitrogens with zero attached hydrogens (tertiary/aromatic N) is 3. The molecule has 0 saturated heterocycles. The molecule has 8 heteroatoms. The van der Waals surface area contributed by atoms with Crippen LogP contribution < -0.4 is 5.32 Å². The van der Waals surface area contributed by atoms with Gasteiger partial charge in [0, 0.05) is 36.9 Å². The first-order valence-corrected chi connectivity index (χ1v) is 9.29. The highest BCUT2D eigenvalue weighted by Gasteiger charge is 2.33. The van der Waals surface area contributed by atoms with E-state index in [2.05, 4.69) is 10.3 Å². The van der Waals surface area contributed by atoms with Crippen molar-refractivity contribution in [3.8, 4) is 0 Å². The standard InChI is InChI=1S/C20H16N4O3S/c1-23-10-9-21-20(23)28-16-6-4-3-5-15(16)22-17(25)12-7-8-13-14(11-12)19(27)24(2)18(13)26/h3-11H,1-2H3,(H,22,25). The van der Waals surface area contributed by atoms with Gasteiger partial charge in [-0.2, -0.15) is 0 Å². The molecular formula is C20H16N4O3S. The summed E-state index contributed by atoms with van der Waals surface area (Å²) in [5.41, 5.74) is 1.51. The average molecular weight is 392 g/mol. The Morgan fingerprint density at radius 2 is 1.79 bits per heavy atom. The molecule has 1 aliphatic rings. The molecule has 7 nitrogen and oxygen atoms in total. The van der Waals surface area contributed by atoms with Crippen molar-refractivity contribution >= 4 is 35.2 Å². The van der Waals surface area contributed by atoms with E-state index in [4.69, 9.17) is 0 Å². The number of carbonyl (C=O) groups excluding carboxylic acids is 3. The van der Waals surface area contributed by atoms with E-state index in [1.807, 2.05) is 36.0 Å². The topological polar surface area (TPSA) is 84.3 Å². The van der Waals surface area contributed by atoms with E-state index in [1.165, 1.54) is 30.9 Å². The zero-order chi connectivity index (χ0) is 19.8. The summed E-state index contributed by atoms with van der Waals surface area (Å²) in [6.45, 7) is 0. The van der Waals surface area contributed by atoms with Crippen LogP contribution in [0.2, 0.25) is 0 Å². The lowest BCUT2D eigenvalue weighted by Gasteiger charge is -2.11. The Morgan fingerprint density at radius 1 is 1.04 bits per heavy atom. The van der Waals surface area contributed by atoms with E-state index >= 15 is 0 Å². The summed E-state index contributed by atoms with van der Waals surface area (Å²) >= 11 is 1.44. The molecule has 3 aromatic rings. The summed E-state index contributed by atoms with van der Waals surface area (Å²) in [6, 6.07) is 11.9. The van der Waals surface area contributed by atoms with Gasteiger partial charge in [-0.05, 0) is 42.1 Å². The van der Waals surface area contributed by atoms with Gasteiger partial charge in [0.25, 0.3) is 17.7 Å². The normalized spacial score (nSPS) is 13.0. The smallest absolute Gasteiger partial charge is 0.261 e. The number of rotatable bonds is 4. The Labute approximate surface area is 165 Å². The Balaban J connectivity index is 1.60. The van der Waals surface area contributed by atoms with Crippen molar-refractivity contribution in [1.29, 1.82) is 0 Å². The maximum absolute atomic E-state index is 12.8. The van der Waals surface area contributed by atoms with Crippen LogP contribution in [0.3, 0.4) is 0 Å². The molecule has 1 aliphatic heterocycles. The fourth-order valence-corrected chi connectivity index (χ4v) is 3.80. The lowest BCUT2D eigenvalue weighted by molar-refractivity contribution is 0.0693. The van der Waals surface area contributed by atoms with E-state index in [9.17, 15) is 14.4 Å². The molecule has 2 aromatic carbocycles. The third-order valence-electron chi connectivity index (χ3n) is 4.47. The summed E-state index contributed by atoms with van der Waals surface area (Å²) < 4.78 is 1.89. The summed E-state index contributed by atoms with van der Waals surface area (Å²) in [5.74, 6) is -1.12. The molecule has 1 N–H and O–H groups in total. The SMILES string of the molecule is CN1C(=O)c2ccc(C(=O)Nc3ccccc3Sc3nccn3C)cc2C1=O. The van der Waals surface area contributed by atoms with Crippen molar-refractivity contribution in [2.45, 2.75) is 10.1 Å². The van der Waals surface area contributed by atoms with Crippen molar-refractivity contribution in [1.82, 2.24) is 14.5 Å². The summed E-state index contributed by atoms with van der Waals surface area (Å²) in [6.07, 6.45) is 3.56. The lowest BCUT2D eigenvalue weighted by Crippen LogP contribution is -2.24. The van der Waals surface area contributed by atoms with Crippen LogP contribution in [-0.4, -0.2) is 39.2 Å². The fraction of sp³-hybridized carbons (Fsp3) is 0.100. The highest BCUT2D eigenvalue weighted by atomic mass is 32.2. The summed E-state index contributed by atoms with van der Waals surface area (Å²) in [5, 5.41) is 3.68. The molecule has 0 unspecified atom stereocenters. The van der Waals surface area contributed by atoms with Gasteiger partial charge in [0.15, 0.2) is 5.16 Å². The maximum Gasteiger partial charge on any atom is 0.261 e. The quantitative estimate of drug-likeness (QED) is 0.690. The minimum absolute atomic E-state index is 0.246. The van der Waals surface area contributed by atoms with Crippen LogP contribution in [0.15, 0.2) is 64.9 Å². The van der Waals surface area contributed by atoms with Crippen molar-refractivity contribution in [2.24, 2.45) is 7.05 Å². The number of amides is 3. The average Bonchev–Trinajstić information content (AvgIpc) is 3.20. The molecule has 3 amide bonds. The van der Waals surface area contributed by atoms with E-state index in [-0.39, 0.29) is 17.4 Å². The second-order valence-electron chi connectivity index (χ2n) is 6.30. The number of hydrogen-bond acceptors (Lipinski definition) is 5. The van der Waals surface area contributed by atoms with Gasteiger partial charge in [-0.1, -0.05) is 12.1 Å². The highest BCUT2D eigenvalue weighted by Crippen LogP contribution is 2.32. The molecule has 4 rings (SSSR count). The van der Waals surface area contributed by atoms with Crippen LogP contribution in [-0.2, 0) is 7.05 Å². The predicted molar refractivity (Wildman–Crippen MR) is 105 cm³/mol. The number of imidazole rings is 1.